The molecule has 160 valence electrons. The van der Waals surface area contributed by atoms with Crippen molar-refractivity contribution in [3.8, 4) is 0 Å². The van der Waals surface area contributed by atoms with Gasteiger partial charge in [0.15, 0.2) is 10.9 Å². The molecule has 1 N–H and O–H groups in total. The highest BCUT2D eigenvalue weighted by Crippen LogP contribution is 2.44. The number of benzene rings is 2. The second-order valence-electron chi connectivity index (χ2n) is 7.35. The minimum atomic E-state index is -0.777. The fourth-order valence-electron chi connectivity index (χ4n) is 3.85. The molecule has 2 aromatic carbocycles. The predicted molar refractivity (Wildman–Crippen MR) is 132 cm³/mol. The Hall–Kier alpha value is -2.81. The highest BCUT2D eigenvalue weighted by Gasteiger charge is 2.46. The Labute approximate surface area is 200 Å². The fourth-order valence-corrected chi connectivity index (χ4v) is 6.00. The summed E-state index contributed by atoms with van der Waals surface area (Å²) in [7, 11) is 0. The zero-order valence-electron chi connectivity index (χ0n) is 16.9. The maximum atomic E-state index is 13.4. The van der Waals surface area contributed by atoms with Gasteiger partial charge in [-0.3, -0.25) is 14.5 Å². The van der Waals surface area contributed by atoms with Gasteiger partial charge in [0.2, 0.25) is 5.78 Å². The Morgan fingerprint density at radius 3 is 2.75 bits per heavy atom. The first-order chi connectivity index (χ1) is 15.5. The van der Waals surface area contributed by atoms with Crippen LogP contribution in [0.3, 0.4) is 0 Å². The number of thiazole rings is 1. The SMILES string of the molecule is CCc1ccc2nc(N3C(=O)C(O)=C(C(=O)c4cccs4)[C@H]3c3cccc(Br)c3)sc2c1. The van der Waals surface area contributed by atoms with Crippen LogP contribution in [0.1, 0.15) is 33.8 Å². The molecule has 1 amide bonds. The van der Waals surface area contributed by atoms with Gasteiger partial charge in [0.1, 0.15) is 0 Å². The Balaban J connectivity index is 1.68. The second kappa shape index (κ2) is 8.27. The lowest BCUT2D eigenvalue weighted by Crippen LogP contribution is -2.30. The number of carbonyl (C=O) groups is 2. The van der Waals surface area contributed by atoms with Gasteiger partial charge in [-0.15, -0.1) is 11.3 Å². The smallest absolute Gasteiger partial charge is 0.296 e. The number of aryl methyl sites for hydroxylation is 1. The normalized spacial score (nSPS) is 16.4. The molecule has 32 heavy (non-hydrogen) atoms. The standard InChI is InChI=1S/C24H17BrN2O3S2/c1-2-13-8-9-16-18(11-13)32-24(26-16)27-20(14-5-3-6-15(25)12-14)19(22(29)23(27)30)21(28)17-7-4-10-31-17/h3-12,20,29H,2H2,1H3/t20-/m1/s1. The number of rotatable bonds is 5. The predicted octanol–water partition coefficient (Wildman–Crippen LogP) is 6.47. The Morgan fingerprint density at radius 1 is 1.19 bits per heavy atom. The van der Waals surface area contributed by atoms with E-state index in [1.54, 1.807) is 17.5 Å². The van der Waals surface area contributed by atoms with Crippen molar-refractivity contribution in [2.24, 2.45) is 0 Å². The van der Waals surface area contributed by atoms with Crippen molar-refractivity contribution in [3.05, 3.63) is 91.8 Å². The zero-order valence-corrected chi connectivity index (χ0v) is 20.1. The molecule has 5 nitrogen and oxygen atoms in total. The number of amides is 1. The minimum Gasteiger partial charge on any atom is -0.503 e. The van der Waals surface area contributed by atoms with Crippen LogP contribution in [0, 0.1) is 0 Å². The van der Waals surface area contributed by atoms with Gasteiger partial charge in [0.25, 0.3) is 5.91 Å². The molecule has 0 saturated heterocycles. The van der Waals surface area contributed by atoms with Crippen molar-refractivity contribution in [1.29, 1.82) is 0 Å². The number of hydrogen-bond acceptors (Lipinski definition) is 6. The van der Waals surface area contributed by atoms with Gasteiger partial charge < -0.3 is 5.11 Å². The number of aliphatic hydroxyl groups excluding tert-OH is 1. The first kappa shape index (κ1) is 21.1. The highest BCUT2D eigenvalue weighted by molar-refractivity contribution is 9.10. The number of fused-ring (bicyclic) bond motifs is 1. The van der Waals surface area contributed by atoms with Crippen molar-refractivity contribution in [3.63, 3.8) is 0 Å². The first-order valence-electron chi connectivity index (χ1n) is 9.97. The van der Waals surface area contributed by atoms with Crippen LogP contribution in [-0.4, -0.2) is 21.8 Å². The number of nitrogens with zero attached hydrogens (tertiary/aromatic N) is 2. The fraction of sp³-hybridized carbons (Fsp3) is 0.125. The van der Waals surface area contributed by atoms with E-state index in [0.717, 1.165) is 21.1 Å². The van der Waals surface area contributed by atoms with Crippen LogP contribution >= 0.6 is 38.6 Å². The summed E-state index contributed by atoms with van der Waals surface area (Å²) in [6.07, 6.45) is 0.897. The molecule has 8 heteroatoms. The molecule has 0 radical (unpaired) electrons. The largest absolute Gasteiger partial charge is 0.503 e. The van der Waals surface area contributed by atoms with Crippen LogP contribution in [0.4, 0.5) is 5.13 Å². The summed E-state index contributed by atoms with van der Waals surface area (Å²) in [5.74, 6) is -1.50. The van der Waals surface area contributed by atoms with Crippen molar-refractivity contribution in [2.75, 3.05) is 4.90 Å². The Morgan fingerprint density at radius 2 is 2.03 bits per heavy atom. The van der Waals surface area contributed by atoms with Crippen LogP contribution in [0.2, 0.25) is 0 Å². The second-order valence-corrected chi connectivity index (χ2v) is 10.2. The van der Waals surface area contributed by atoms with E-state index in [0.29, 0.717) is 15.6 Å². The summed E-state index contributed by atoms with van der Waals surface area (Å²) >= 11 is 6.14. The number of thiophene rings is 1. The molecular weight excluding hydrogens is 508 g/mol. The van der Waals surface area contributed by atoms with Gasteiger partial charge in [0, 0.05) is 4.47 Å². The van der Waals surface area contributed by atoms with Crippen LogP contribution in [0.25, 0.3) is 10.2 Å². The number of aromatic nitrogens is 1. The van der Waals surface area contributed by atoms with Crippen molar-refractivity contribution in [1.82, 2.24) is 4.98 Å². The molecule has 2 aromatic heterocycles. The molecule has 3 heterocycles. The minimum absolute atomic E-state index is 0.0732. The molecule has 1 atom stereocenters. The molecular formula is C24H17BrN2O3S2. The zero-order chi connectivity index (χ0) is 22.4. The first-order valence-corrected chi connectivity index (χ1v) is 12.5. The molecule has 1 aliphatic rings. The van der Waals surface area contributed by atoms with Gasteiger partial charge in [-0.1, -0.05) is 58.5 Å². The summed E-state index contributed by atoms with van der Waals surface area (Å²) in [5.41, 5.74) is 2.74. The van der Waals surface area contributed by atoms with Crippen LogP contribution < -0.4 is 4.90 Å². The molecule has 0 bridgehead atoms. The quantitative estimate of drug-likeness (QED) is 0.304. The molecule has 0 unspecified atom stereocenters. The molecule has 1 aliphatic heterocycles. The lowest BCUT2D eigenvalue weighted by Gasteiger charge is -2.24. The van der Waals surface area contributed by atoms with Crippen molar-refractivity contribution < 1.29 is 14.7 Å². The van der Waals surface area contributed by atoms with E-state index >= 15 is 0 Å². The maximum absolute atomic E-state index is 13.4. The van der Waals surface area contributed by atoms with Gasteiger partial charge in [-0.2, -0.15) is 0 Å². The topological polar surface area (TPSA) is 70.5 Å². The molecule has 4 aromatic rings. The Kier molecular flexibility index (Phi) is 5.44. The van der Waals surface area contributed by atoms with E-state index in [4.69, 9.17) is 0 Å². The van der Waals surface area contributed by atoms with Crippen LogP contribution in [-0.2, 0) is 11.2 Å². The highest BCUT2D eigenvalue weighted by atomic mass is 79.9. The van der Waals surface area contributed by atoms with Gasteiger partial charge in [-0.05, 0) is 53.3 Å². The van der Waals surface area contributed by atoms with Gasteiger partial charge in [-0.25, -0.2) is 4.98 Å². The van der Waals surface area contributed by atoms with E-state index in [-0.39, 0.29) is 11.4 Å². The third kappa shape index (κ3) is 3.48. The number of Topliss-reactive ketones (excluding diaryl/α,β-unsaturated/α-hetero) is 1. The molecule has 0 saturated carbocycles. The van der Waals surface area contributed by atoms with Crippen molar-refractivity contribution in [2.45, 2.75) is 19.4 Å². The van der Waals surface area contributed by atoms with Gasteiger partial charge >= 0.3 is 0 Å². The number of carbonyl (C=O) groups excluding carboxylic acids is 2. The van der Waals surface area contributed by atoms with E-state index in [1.165, 1.54) is 33.1 Å². The lowest BCUT2D eigenvalue weighted by molar-refractivity contribution is -0.117. The molecule has 0 spiro atoms. The van der Waals surface area contributed by atoms with Gasteiger partial charge in [0.05, 0.1) is 26.7 Å². The number of halogens is 1. The monoisotopic (exact) mass is 524 g/mol. The molecule has 0 aliphatic carbocycles. The summed E-state index contributed by atoms with van der Waals surface area (Å²) in [6.45, 7) is 2.08. The summed E-state index contributed by atoms with van der Waals surface area (Å²) in [5, 5.41) is 13.1. The number of aliphatic hydroxyl groups is 1. The summed E-state index contributed by atoms with van der Waals surface area (Å²) < 4.78 is 1.77. The van der Waals surface area contributed by atoms with Crippen LogP contribution in [0.5, 0.6) is 0 Å². The summed E-state index contributed by atoms with van der Waals surface area (Å²) in [4.78, 5) is 33.2. The van der Waals surface area contributed by atoms with E-state index < -0.39 is 17.7 Å². The number of ketones is 1. The number of anilines is 1. The molecule has 5 rings (SSSR count). The van der Waals surface area contributed by atoms with E-state index in [1.807, 2.05) is 36.4 Å². The number of hydrogen-bond donors (Lipinski definition) is 1. The lowest BCUT2D eigenvalue weighted by atomic mass is 9.96. The third-order valence-corrected chi connectivity index (χ3v) is 7.80. The van der Waals surface area contributed by atoms with Crippen LogP contribution in [0.15, 0.2) is 75.8 Å². The van der Waals surface area contributed by atoms with E-state index in [2.05, 4.69) is 33.9 Å². The Bertz CT molecular complexity index is 1390. The average molecular weight is 525 g/mol. The maximum Gasteiger partial charge on any atom is 0.296 e. The third-order valence-electron chi connectivity index (χ3n) is 5.42. The van der Waals surface area contributed by atoms with E-state index in [9.17, 15) is 14.7 Å². The average Bonchev–Trinajstić information content (AvgIpc) is 3.51. The summed E-state index contributed by atoms with van der Waals surface area (Å²) in [6, 6.07) is 16.1. The van der Waals surface area contributed by atoms with Crippen molar-refractivity contribution >= 4 is 65.6 Å². The molecule has 0 fully saturated rings.